The first-order valence-electron chi connectivity index (χ1n) is 7.00. The molecule has 118 valence electrons. The third-order valence-corrected chi connectivity index (χ3v) is 4.99. The van der Waals surface area contributed by atoms with Gasteiger partial charge in [0.1, 0.15) is 6.54 Å². The van der Waals surface area contributed by atoms with E-state index in [1.54, 1.807) is 23.5 Å². The van der Waals surface area contributed by atoms with Crippen molar-refractivity contribution in [3.8, 4) is 0 Å². The fraction of sp³-hybridized carbons (Fsp3) is 0.312. The molecule has 1 heterocycles. The predicted molar refractivity (Wildman–Crippen MR) is 92.8 cm³/mol. The monoisotopic (exact) mass is 357 g/mol. The van der Waals surface area contributed by atoms with Crippen molar-refractivity contribution in [2.45, 2.75) is 20.0 Å². The summed E-state index contributed by atoms with van der Waals surface area (Å²) in [4.78, 5) is 14.5. The Bertz CT molecular complexity index is 657. The summed E-state index contributed by atoms with van der Waals surface area (Å²) in [6, 6.07) is 7.39. The Balaban J connectivity index is 1.81. The smallest absolute Gasteiger partial charge is 0.275 e. The van der Waals surface area contributed by atoms with Crippen LogP contribution in [0.25, 0.3) is 0 Å². The zero-order valence-electron chi connectivity index (χ0n) is 12.6. The number of likely N-dealkylation sites (N-methyl/N-ethyl adjacent to an activating group) is 1. The third kappa shape index (κ3) is 4.99. The second kappa shape index (κ2) is 7.97. The van der Waals surface area contributed by atoms with Crippen molar-refractivity contribution in [3.63, 3.8) is 0 Å². The van der Waals surface area contributed by atoms with Crippen LogP contribution in [0.3, 0.4) is 0 Å². The molecule has 0 saturated carbocycles. The van der Waals surface area contributed by atoms with Gasteiger partial charge in [-0.15, -0.1) is 11.3 Å². The van der Waals surface area contributed by atoms with Gasteiger partial charge in [-0.05, 0) is 41.6 Å². The van der Waals surface area contributed by atoms with Crippen molar-refractivity contribution in [3.05, 3.63) is 55.7 Å². The normalized spacial score (nSPS) is 12.2. The topological polar surface area (TPSA) is 33.5 Å². The highest BCUT2D eigenvalue weighted by atomic mass is 35.5. The average Bonchev–Trinajstić information content (AvgIpc) is 2.83. The molecule has 22 heavy (non-hydrogen) atoms. The minimum atomic E-state index is 0.0118. The standard InChI is InChI=1S/C16H18Cl2N2OS/c1-11-5-6-22-15(11)9-20(2)10-16(21)19-8-12-3-4-13(17)7-14(12)18/h3-7H,8-10H2,1-2H3,(H,19,21)/p+1. The fourth-order valence-electron chi connectivity index (χ4n) is 2.12. The van der Waals surface area contributed by atoms with Gasteiger partial charge in [0.25, 0.3) is 5.91 Å². The summed E-state index contributed by atoms with van der Waals surface area (Å²) in [6.45, 7) is 3.81. The van der Waals surface area contributed by atoms with E-state index in [2.05, 4.69) is 23.7 Å². The number of quaternary nitrogens is 1. The van der Waals surface area contributed by atoms with Gasteiger partial charge in [0.15, 0.2) is 6.54 Å². The van der Waals surface area contributed by atoms with Crippen LogP contribution >= 0.6 is 34.5 Å². The molecule has 2 aromatic rings. The SMILES string of the molecule is Cc1ccsc1C[NH+](C)CC(=O)NCc1ccc(Cl)cc1Cl. The number of aryl methyl sites for hydroxylation is 1. The Morgan fingerprint density at radius 1 is 1.32 bits per heavy atom. The summed E-state index contributed by atoms with van der Waals surface area (Å²) in [5.41, 5.74) is 2.16. The van der Waals surface area contributed by atoms with Crippen LogP contribution in [0.1, 0.15) is 16.0 Å². The Labute approximate surface area is 144 Å². The minimum Gasteiger partial charge on any atom is -0.347 e. The molecule has 0 aliphatic carbocycles. The molecule has 1 amide bonds. The number of carbonyl (C=O) groups is 1. The number of hydrogen-bond acceptors (Lipinski definition) is 2. The molecule has 2 N–H and O–H groups in total. The van der Waals surface area contributed by atoms with E-state index in [1.165, 1.54) is 10.4 Å². The van der Waals surface area contributed by atoms with Crippen molar-refractivity contribution in [2.24, 2.45) is 0 Å². The van der Waals surface area contributed by atoms with Crippen LogP contribution in [0.5, 0.6) is 0 Å². The van der Waals surface area contributed by atoms with Crippen molar-refractivity contribution < 1.29 is 9.69 Å². The van der Waals surface area contributed by atoms with E-state index in [1.807, 2.05) is 13.1 Å². The van der Waals surface area contributed by atoms with Gasteiger partial charge in [-0.2, -0.15) is 0 Å². The van der Waals surface area contributed by atoms with Gasteiger partial charge in [-0.25, -0.2) is 0 Å². The molecule has 1 atom stereocenters. The van der Waals surface area contributed by atoms with Gasteiger partial charge >= 0.3 is 0 Å². The van der Waals surface area contributed by atoms with Gasteiger partial charge in [0, 0.05) is 16.6 Å². The molecule has 1 aromatic heterocycles. The quantitative estimate of drug-likeness (QED) is 0.818. The summed E-state index contributed by atoms with van der Waals surface area (Å²) < 4.78 is 0. The number of carbonyl (C=O) groups excluding carboxylic acids is 1. The highest BCUT2D eigenvalue weighted by Gasteiger charge is 2.13. The van der Waals surface area contributed by atoms with E-state index in [0.29, 0.717) is 23.1 Å². The predicted octanol–water partition coefficient (Wildman–Crippen LogP) is 2.69. The number of rotatable bonds is 6. The van der Waals surface area contributed by atoms with E-state index in [4.69, 9.17) is 23.2 Å². The molecule has 3 nitrogen and oxygen atoms in total. The Hall–Kier alpha value is -1.07. The molecular weight excluding hydrogens is 339 g/mol. The van der Waals surface area contributed by atoms with Crippen molar-refractivity contribution in [2.75, 3.05) is 13.6 Å². The highest BCUT2D eigenvalue weighted by molar-refractivity contribution is 7.10. The lowest BCUT2D eigenvalue weighted by Gasteiger charge is -2.14. The maximum Gasteiger partial charge on any atom is 0.275 e. The lowest BCUT2D eigenvalue weighted by Crippen LogP contribution is -3.08. The molecule has 6 heteroatoms. The van der Waals surface area contributed by atoms with Crippen LogP contribution in [0.15, 0.2) is 29.6 Å². The van der Waals surface area contributed by atoms with Gasteiger partial charge < -0.3 is 10.2 Å². The first-order chi connectivity index (χ1) is 10.5. The molecule has 0 radical (unpaired) electrons. The summed E-state index contributed by atoms with van der Waals surface area (Å²) in [6.07, 6.45) is 0. The molecule has 1 unspecified atom stereocenters. The van der Waals surface area contributed by atoms with Crippen molar-refractivity contribution in [1.29, 1.82) is 0 Å². The molecule has 0 saturated heterocycles. The maximum absolute atomic E-state index is 12.0. The van der Waals surface area contributed by atoms with Crippen molar-refractivity contribution >= 4 is 40.4 Å². The molecule has 2 rings (SSSR count). The number of hydrogen-bond donors (Lipinski definition) is 2. The summed E-state index contributed by atoms with van der Waals surface area (Å²) in [7, 11) is 2.02. The Kier molecular flexibility index (Phi) is 6.26. The zero-order valence-corrected chi connectivity index (χ0v) is 14.9. The Morgan fingerprint density at radius 2 is 2.09 bits per heavy atom. The summed E-state index contributed by atoms with van der Waals surface area (Å²) >= 11 is 13.7. The molecule has 0 spiro atoms. The highest BCUT2D eigenvalue weighted by Crippen LogP contribution is 2.20. The van der Waals surface area contributed by atoms with Crippen LogP contribution < -0.4 is 10.2 Å². The number of benzene rings is 1. The maximum atomic E-state index is 12.0. The fourth-order valence-corrected chi connectivity index (χ4v) is 3.61. The van der Waals surface area contributed by atoms with Crippen LogP contribution in [-0.4, -0.2) is 19.5 Å². The van der Waals surface area contributed by atoms with E-state index >= 15 is 0 Å². The first-order valence-corrected chi connectivity index (χ1v) is 8.64. The molecule has 1 aromatic carbocycles. The van der Waals surface area contributed by atoms with E-state index in [9.17, 15) is 4.79 Å². The van der Waals surface area contributed by atoms with Crippen LogP contribution in [-0.2, 0) is 17.9 Å². The first kappa shape index (κ1) is 17.3. The molecule has 0 fully saturated rings. The van der Waals surface area contributed by atoms with E-state index in [0.717, 1.165) is 17.0 Å². The molecule has 0 aliphatic rings. The minimum absolute atomic E-state index is 0.0118. The third-order valence-electron chi connectivity index (χ3n) is 3.38. The van der Waals surface area contributed by atoms with Gasteiger partial charge in [-0.1, -0.05) is 29.3 Å². The largest absolute Gasteiger partial charge is 0.347 e. The van der Waals surface area contributed by atoms with Gasteiger partial charge in [0.05, 0.1) is 11.9 Å². The van der Waals surface area contributed by atoms with E-state index in [-0.39, 0.29) is 5.91 Å². The van der Waals surface area contributed by atoms with Crippen LogP contribution in [0.2, 0.25) is 10.0 Å². The lowest BCUT2D eigenvalue weighted by molar-refractivity contribution is -0.885. The molecule has 0 bridgehead atoms. The lowest BCUT2D eigenvalue weighted by atomic mass is 10.2. The molecule has 0 aliphatic heterocycles. The van der Waals surface area contributed by atoms with Gasteiger partial charge in [-0.3, -0.25) is 4.79 Å². The second-order valence-electron chi connectivity index (χ2n) is 5.35. The van der Waals surface area contributed by atoms with Crippen LogP contribution in [0, 0.1) is 6.92 Å². The number of nitrogens with one attached hydrogen (secondary N) is 2. The Morgan fingerprint density at radius 3 is 2.73 bits per heavy atom. The van der Waals surface area contributed by atoms with Crippen molar-refractivity contribution in [1.82, 2.24) is 5.32 Å². The average molecular weight is 358 g/mol. The summed E-state index contributed by atoms with van der Waals surface area (Å²) in [5.74, 6) is 0.0118. The van der Waals surface area contributed by atoms with E-state index < -0.39 is 0 Å². The van der Waals surface area contributed by atoms with Crippen LogP contribution in [0.4, 0.5) is 0 Å². The second-order valence-corrected chi connectivity index (χ2v) is 7.19. The summed E-state index contributed by atoms with van der Waals surface area (Å²) in [5, 5.41) is 6.15. The number of halogens is 2. The number of thiophene rings is 1. The number of amides is 1. The molecular formula is C16H19Cl2N2OS+. The zero-order chi connectivity index (χ0) is 16.1. The van der Waals surface area contributed by atoms with Gasteiger partial charge in [0.2, 0.25) is 0 Å².